The van der Waals surface area contributed by atoms with Crippen molar-refractivity contribution >= 4 is 28.8 Å². The van der Waals surface area contributed by atoms with Crippen LogP contribution in [-0.2, 0) is 9.53 Å². The van der Waals surface area contributed by atoms with Gasteiger partial charge in [0.1, 0.15) is 5.41 Å². The molecule has 96 valence electrons. The number of carbonyl (C=O) groups is 1. The average Bonchev–Trinajstić information content (AvgIpc) is 2.40. The van der Waals surface area contributed by atoms with Crippen molar-refractivity contribution in [2.24, 2.45) is 11.1 Å². The van der Waals surface area contributed by atoms with Crippen LogP contribution in [0.3, 0.4) is 0 Å². The van der Waals surface area contributed by atoms with Crippen molar-refractivity contribution in [3.05, 3.63) is 30.3 Å². The van der Waals surface area contributed by atoms with Crippen LogP contribution in [-0.4, -0.2) is 24.1 Å². The first kappa shape index (κ1) is 13.0. The van der Waals surface area contributed by atoms with Crippen LogP contribution in [0.1, 0.15) is 12.8 Å². The molecule has 0 saturated carbocycles. The lowest BCUT2D eigenvalue weighted by molar-refractivity contribution is -0.126. The third kappa shape index (κ3) is 2.52. The lowest BCUT2D eigenvalue weighted by atomic mass is 9.79. The van der Waals surface area contributed by atoms with Gasteiger partial charge in [-0.25, -0.2) is 0 Å². The molecule has 0 spiro atoms. The second kappa shape index (κ2) is 5.46. The fourth-order valence-corrected chi connectivity index (χ4v) is 2.37. The van der Waals surface area contributed by atoms with Gasteiger partial charge in [-0.05, 0) is 25.0 Å². The Morgan fingerprint density at radius 1 is 1.28 bits per heavy atom. The molecule has 1 saturated heterocycles. The van der Waals surface area contributed by atoms with E-state index in [1.54, 1.807) is 0 Å². The number of para-hydroxylation sites is 1. The van der Waals surface area contributed by atoms with E-state index in [2.05, 4.69) is 5.32 Å². The molecule has 0 unspecified atom stereocenters. The standard InChI is InChI=1S/C13H16N2O2S/c14-11(18)13(6-8-17-9-7-13)12(16)15-10-4-2-1-3-5-10/h1-5H,6-9H2,(H2,14,18)(H,15,16). The number of ether oxygens (including phenoxy) is 1. The Kier molecular flexibility index (Phi) is 3.93. The SMILES string of the molecule is NC(=S)C1(C(=O)Nc2ccccc2)CCOCC1. The van der Waals surface area contributed by atoms with Gasteiger partial charge in [0.25, 0.3) is 0 Å². The molecular formula is C13H16N2O2S. The minimum absolute atomic E-state index is 0.135. The zero-order valence-electron chi connectivity index (χ0n) is 10.0. The molecule has 1 heterocycles. The maximum Gasteiger partial charge on any atom is 0.237 e. The Morgan fingerprint density at radius 2 is 1.89 bits per heavy atom. The molecule has 18 heavy (non-hydrogen) atoms. The van der Waals surface area contributed by atoms with Gasteiger partial charge in [0, 0.05) is 18.9 Å². The molecule has 1 amide bonds. The minimum atomic E-state index is -0.774. The second-order valence-corrected chi connectivity index (χ2v) is 4.82. The predicted octanol–water partition coefficient (Wildman–Crippen LogP) is 1.71. The summed E-state index contributed by atoms with van der Waals surface area (Å²) in [5.41, 5.74) is 5.75. The Balaban J connectivity index is 2.16. The number of benzene rings is 1. The van der Waals surface area contributed by atoms with Crippen molar-refractivity contribution in [1.29, 1.82) is 0 Å². The summed E-state index contributed by atoms with van der Waals surface area (Å²) in [6.07, 6.45) is 1.09. The second-order valence-electron chi connectivity index (χ2n) is 4.38. The largest absolute Gasteiger partial charge is 0.392 e. The Hall–Kier alpha value is -1.46. The van der Waals surface area contributed by atoms with Crippen LogP contribution in [0.15, 0.2) is 30.3 Å². The highest BCUT2D eigenvalue weighted by atomic mass is 32.1. The molecule has 5 heteroatoms. The van der Waals surface area contributed by atoms with Crippen LogP contribution in [0.5, 0.6) is 0 Å². The topological polar surface area (TPSA) is 64.4 Å². The fraction of sp³-hybridized carbons (Fsp3) is 0.385. The normalized spacial score (nSPS) is 18.0. The third-order valence-corrected chi connectivity index (χ3v) is 3.68. The van der Waals surface area contributed by atoms with Gasteiger partial charge >= 0.3 is 0 Å². The number of hydrogen-bond donors (Lipinski definition) is 2. The molecule has 1 aliphatic rings. The molecule has 1 aromatic carbocycles. The number of rotatable bonds is 3. The molecule has 0 atom stereocenters. The van der Waals surface area contributed by atoms with E-state index in [9.17, 15) is 4.79 Å². The van der Waals surface area contributed by atoms with Crippen molar-refractivity contribution in [2.45, 2.75) is 12.8 Å². The zero-order valence-corrected chi connectivity index (χ0v) is 10.8. The first-order chi connectivity index (χ1) is 8.65. The number of amides is 1. The quantitative estimate of drug-likeness (QED) is 0.816. The Bertz CT molecular complexity index is 442. The van der Waals surface area contributed by atoms with E-state index in [0.717, 1.165) is 5.69 Å². The first-order valence-electron chi connectivity index (χ1n) is 5.89. The highest BCUT2D eigenvalue weighted by molar-refractivity contribution is 7.80. The molecule has 0 aliphatic carbocycles. The average molecular weight is 264 g/mol. The zero-order chi connectivity index (χ0) is 13.0. The summed E-state index contributed by atoms with van der Waals surface area (Å²) in [5.74, 6) is -0.135. The van der Waals surface area contributed by atoms with Gasteiger partial charge in [-0.1, -0.05) is 30.4 Å². The summed E-state index contributed by atoms with van der Waals surface area (Å²) in [6.45, 7) is 1.03. The molecule has 0 aromatic heterocycles. The van der Waals surface area contributed by atoms with Crippen LogP contribution in [0.2, 0.25) is 0 Å². The van der Waals surface area contributed by atoms with Crippen LogP contribution in [0, 0.1) is 5.41 Å². The molecule has 2 rings (SSSR count). The van der Waals surface area contributed by atoms with Crippen molar-refractivity contribution < 1.29 is 9.53 Å². The maximum absolute atomic E-state index is 12.4. The first-order valence-corrected chi connectivity index (χ1v) is 6.30. The van der Waals surface area contributed by atoms with Gasteiger partial charge in [-0.3, -0.25) is 4.79 Å². The van der Waals surface area contributed by atoms with Crippen molar-refractivity contribution in [1.82, 2.24) is 0 Å². The van der Waals surface area contributed by atoms with Crippen LogP contribution in [0.4, 0.5) is 5.69 Å². The highest BCUT2D eigenvalue weighted by Gasteiger charge is 2.42. The van der Waals surface area contributed by atoms with Crippen molar-refractivity contribution in [3.8, 4) is 0 Å². The molecule has 4 nitrogen and oxygen atoms in total. The minimum Gasteiger partial charge on any atom is -0.392 e. The van der Waals surface area contributed by atoms with E-state index in [4.69, 9.17) is 22.7 Å². The summed E-state index contributed by atoms with van der Waals surface area (Å²) >= 11 is 5.08. The summed E-state index contributed by atoms with van der Waals surface area (Å²) in [4.78, 5) is 12.6. The summed E-state index contributed by atoms with van der Waals surface area (Å²) in [5, 5.41) is 2.87. The Morgan fingerprint density at radius 3 is 2.44 bits per heavy atom. The van der Waals surface area contributed by atoms with Gasteiger partial charge in [0.15, 0.2) is 0 Å². The third-order valence-electron chi connectivity index (χ3n) is 3.28. The van der Waals surface area contributed by atoms with Crippen LogP contribution < -0.4 is 11.1 Å². The van der Waals surface area contributed by atoms with E-state index in [-0.39, 0.29) is 10.9 Å². The fourth-order valence-electron chi connectivity index (χ4n) is 2.08. The number of thiocarbonyl (C=S) groups is 1. The predicted molar refractivity (Wildman–Crippen MR) is 74.3 cm³/mol. The number of carbonyl (C=O) groups excluding carboxylic acids is 1. The lowest BCUT2D eigenvalue weighted by Crippen LogP contribution is -2.49. The van der Waals surface area contributed by atoms with E-state index >= 15 is 0 Å². The van der Waals surface area contributed by atoms with Crippen molar-refractivity contribution in [2.75, 3.05) is 18.5 Å². The molecule has 1 aromatic rings. The number of nitrogens with one attached hydrogen (secondary N) is 1. The highest BCUT2D eigenvalue weighted by Crippen LogP contribution is 2.32. The van der Waals surface area contributed by atoms with E-state index in [0.29, 0.717) is 26.1 Å². The summed E-state index contributed by atoms with van der Waals surface area (Å²) in [7, 11) is 0. The van der Waals surface area contributed by atoms with E-state index in [1.807, 2.05) is 30.3 Å². The van der Waals surface area contributed by atoms with Crippen molar-refractivity contribution in [3.63, 3.8) is 0 Å². The monoisotopic (exact) mass is 264 g/mol. The number of nitrogens with two attached hydrogens (primary N) is 1. The number of hydrogen-bond acceptors (Lipinski definition) is 3. The van der Waals surface area contributed by atoms with Gasteiger partial charge in [0.2, 0.25) is 5.91 Å². The van der Waals surface area contributed by atoms with Crippen LogP contribution >= 0.6 is 12.2 Å². The van der Waals surface area contributed by atoms with E-state index < -0.39 is 5.41 Å². The molecule has 0 radical (unpaired) electrons. The number of anilines is 1. The maximum atomic E-state index is 12.4. The lowest BCUT2D eigenvalue weighted by Gasteiger charge is -2.34. The van der Waals surface area contributed by atoms with Gasteiger partial charge in [-0.2, -0.15) is 0 Å². The molecule has 3 N–H and O–H groups in total. The Labute approximate surface area is 112 Å². The molecule has 1 aliphatic heterocycles. The summed E-state index contributed by atoms with van der Waals surface area (Å²) in [6, 6.07) is 9.31. The molecule has 1 fully saturated rings. The van der Waals surface area contributed by atoms with Crippen LogP contribution in [0.25, 0.3) is 0 Å². The summed E-state index contributed by atoms with van der Waals surface area (Å²) < 4.78 is 5.28. The van der Waals surface area contributed by atoms with Gasteiger partial charge in [0.05, 0.1) is 4.99 Å². The smallest absolute Gasteiger partial charge is 0.237 e. The molecule has 0 bridgehead atoms. The molecular weight excluding hydrogens is 248 g/mol. The van der Waals surface area contributed by atoms with Gasteiger partial charge in [-0.15, -0.1) is 0 Å². The van der Waals surface area contributed by atoms with E-state index in [1.165, 1.54) is 0 Å². The van der Waals surface area contributed by atoms with Gasteiger partial charge < -0.3 is 15.8 Å².